The predicted octanol–water partition coefficient (Wildman–Crippen LogP) is 0.258. The van der Waals surface area contributed by atoms with E-state index in [1.54, 1.807) is 19.9 Å². The second-order valence-electron chi connectivity index (χ2n) is 3.90. The Morgan fingerprint density at radius 2 is 2.37 bits per heavy atom. The van der Waals surface area contributed by atoms with Crippen LogP contribution in [0.1, 0.15) is 34.6 Å². The van der Waals surface area contributed by atoms with Crippen LogP contribution in [-0.4, -0.2) is 32.7 Å². The van der Waals surface area contributed by atoms with E-state index in [0.29, 0.717) is 23.7 Å². The maximum Gasteiger partial charge on any atom is 0.360 e. The van der Waals surface area contributed by atoms with E-state index in [2.05, 4.69) is 15.5 Å². The van der Waals surface area contributed by atoms with Crippen LogP contribution >= 0.6 is 0 Å². The molecule has 8 heteroatoms. The average molecular weight is 265 g/mol. The third kappa shape index (κ3) is 2.79. The molecule has 0 aliphatic heterocycles. The molecule has 8 nitrogen and oxygen atoms in total. The van der Waals surface area contributed by atoms with Crippen molar-refractivity contribution in [1.29, 1.82) is 0 Å². The van der Waals surface area contributed by atoms with Gasteiger partial charge in [-0.05, 0) is 13.8 Å². The largest absolute Gasteiger partial charge is 0.461 e. The fraction of sp³-hybridized carbons (Fsp3) is 0.455. The Hall–Kier alpha value is -2.22. The number of rotatable bonds is 5. The molecule has 0 bridgehead atoms. The van der Waals surface area contributed by atoms with Crippen molar-refractivity contribution in [2.75, 3.05) is 6.61 Å². The lowest BCUT2D eigenvalue weighted by molar-refractivity contribution is 0.0518. The summed E-state index contributed by atoms with van der Waals surface area (Å²) in [6, 6.07) is 1.78. The van der Waals surface area contributed by atoms with E-state index in [1.165, 1.54) is 4.68 Å². The number of hydrogen-bond donors (Lipinski definition) is 1. The highest BCUT2D eigenvalue weighted by atomic mass is 16.5. The van der Waals surface area contributed by atoms with Crippen molar-refractivity contribution in [1.82, 2.24) is 20.2 Å². The fourth-order valence-electron chi connectivity index (χ4n) is 1.67. The molecule has 102 valence electrons. The van der Waals surface area contributed by atoms with Gasteiger partial charge in [-0.3, -0.25) is 0 Å². The van der Waals surface area contributed by atoms with Crippen LogP contribution in [0.25, 0.3) is 0 Å². The lowest BCUT2D eigenvalue weighted by atomic mass is 10.3. The number of hydrogen-bond acceptors (Lipinski definition) is 7. The van der Waals surface area contributed by atoms with Crippen molar-refractivity contribution in [3.8, 4) is 0 Å². The first-order valence-corrected chi connectivity index (χ1v) is 5.87. The van der Waals surface area contributed by atoms with Crippen LogP contribution in [0.5, 0.6) is 0 Å². The Balaban J connectivity index is 2.24. The number of esters is 1. The van der Waals surface area contributed by atoms with Crippen molar-refractivity contribution >= 4 is 5.97 Å². The zero-order valence-corrected chi connectivity index (χ0v) is 10.8. The minimum atomic E-state index is -0.523. The summed E-state index contributed by atoms with van der Waals surface area (Å²) in [4.78, 5) is 11.7. The van der Waals surface area contributed by atoms with Crippen LogP contribution in [0.15, 0.2) is 10.6 Å². The highest BCUT2D eigenvalue weighted by molar-refractivity contribution is 5.88. The highest BCUT2D eigenvalue weighted by Crippen LogP contribution is 2.10. The zero-order chi connectivity index (χ0) is 13.8. The molecule has 0 spiro atoms. The number of nitrogens with two attached hydrogens (primary N) is 1. The van der Waals surface area contributed by atoms with E-state index < -0.39 is 5.97 Å². The summed E-state index contributed by atoms with van der Waals surface area (Å²) in [5.41, 5.74) is 6.98. The van der Waals surface area contributed by atoms with Gasteiger partial charge in [0.05, 0.1) is 18.8 Å². The lowest BCUT2D eigenvalue weighted by Gasteiger charge is -2.03. The van der Waals surface area contributed by atoms with Crippen molar-refractivity contribution < 1.29 is 14.1 Å². The molecule has 19 heavy (non-hydrogen) atoms. The van der Waals surface area contributed by atoms with Gasteiger partial charge in [0.15, 0.2) is 5.69 Å². The molecule has 0 fully saturated rings. The Morgan fingerprint density at radius 3 is 2.95 bits per heavy atom. The van der Waals surface area contributed by atoms with E-state index in [4.69, 9.17) is 15.0 Å². The number of carbonyl (C=O) groups excluding carboxylic acids is 1. The monoisotopic (exact) mass is 265 g/mol. The summed E-state index contributed by atoms with van der Waals surface area (Å²) in [6.07, 6.45) is 0. The summed E-state index contributed by atoms with van der Waals surface area (Å²) in [7, 11) is 0. The summed E-state index contributed by atoms with van der Waals surface area (Å²) < 4.78 is 11.4. The Kier molecular flexibility index (Phi) is 3.91. The molecule has 0 aromatic carbocycles. The number of aryl methyl sites for hydroxylation is 1. The average Bonchev–Trinajstić information content (AvgIpc) is 2.96. The van der Waals surface area contributed by atoms with Crippen LogP contribution < -0.4 is 5.73 Å². The lowest BCUT2D eigenvalue weighted by Crippen LogP contribution is -2.14. The summed E-state index contributed by atoms with van der Waals surface area (Å²) in [5, 5.41) is 11.6. The van der Waals surface area contributed by atoms with Gasteiger partial charge in [0.25, 0.3) is 0 Å². The van der Waals surface area contributed by atoms with Gasteiger partial charge < -0.3 is 15.0 Å². The third-order valence-corrected chi connectivity index (χ3v) is 2.49. The second kappa shape index (κ2) is 5.61. The van der Waals surface area contributed by atoms with Gasteiger partial charge in [-0.2, -0.15) is 0 Å². The molecule has 2 aromatic rings. The SMILES string of the molecule is CCOC(=O)c1nnn(Cc2cc(C)on2)c1CN. The first-order valence-electron chi connectivity index (χ1n) is 5.87. The molecule has 2 N–H and O–H groups in total. The van der Waals surface area contributed by atoms with Gasteiger partial charge in [0, 0.05) is 12.6 Å². The number of ether oxygens (including phenoxy) is 1. The van der Waals surface area contributed by atoms with E-state index in [1.807, 2.05) is 0 Å². The highest BCUT2D eigenvalue weighted by Gasteiger charge is 2.20. The van der Waals surface area contributed by atoms with Crippen LogP contribution in [0, 0.1) is 6.92 Å². The molecule has 2 heterocycles. The molecular weight excluding hydrogens is 250 g/mol. The molecule has 0 aliphatic carbocycles. The third-order valence-electron chi connectivity index (χ3n) is 2.49. The van der Waals surface area contributed by atoms with Crippen molar-refractivity contribution in [2.24, 2.45) is 5.73 Å². The molecule has 0 atom stereocenters. The molecule has 0 aliphatic rings. The Bertz CT molecular complexity index is 575. The Labute approximate surface area is 109 Å². The van der Waals surface area contributed by atoms with Gasteiger partial charge in [-0.25, -0.2) is 9.48 Å². The predicted molar refractivity (Wildman–Crippen MR) is 64.2 cm³/mol. The zero-order valence-electron chi connectivity index (χ0n) is 10.8. The van der Waals surface area contributed by atoms with Gasteiger partial charge >= 0.3 is 5.97 Å². The Morgan fingerprint density at radius 1 is 1.58 bits per heavy atom. The topological polar surface area (TPSA) is 109 Å². The molecular formula is C11H15N5O3. The van der Waals surface area contributed by atoms with Crippen LogP contribution in [0.4, 0.5) is 0 Å². The number of nitrogens with zero attached hydrogens (tertiary/aromatic N) is 4. The van der Waals surface area contributed by atoms with E-state index in [-0.39, 0.29) is 18.8 Å². The van der Waals surface area contributed by atoms with Crippen LogP contribution in [0.2, 0.25) is 0 Å². The molecule has 2 rings (SSSR count). The minimum Gasteiger partial charge on any atom is -0.461 e. The van der Waals surface area contributed by atoms with E-state index in [9.17, 15) is 4.79 Å². The minimum absolute atomic E-state index is 0.137. The quantitative estimate of drug-likeness (QED) is 0.772. The molecule has 0 saturated heterocycles. The maximum absolute atomic E-state index is 11.7. The van der Waals surface area contributed by atoms with Gasteiger partial charge in [-0.1, -0.05) is 10.4 Å². The van der Waals surface area contributed by atoms with Crippen molar-refractivity contribution in [3.63, 3.8) is 0 Å². The molecule has 0 amide bonds. The van der Waals surface area contributed by atoms with Crippen LogP contribution in [0.3, 0.4) is 0 Å². The molecule has 0 saturated carbocycles. The van der Waals surface area contributed by atoms with Gasteiger partial charge in [-0.15, -0.1) is 5.10 Å². The summed E-state index contributed by atoms with van der Waals surface area (Å²) in [6.45, 7) is 4.28. The fourth-order valence-corrected chi connectivity index (χ4v) is 1.67. The van der Waals surface area contributed by atoms with Crippen molar-refractivity contribution in [2.45, 2.75) is 26.9 Å². The van der Waals surface area contributed by atoms with Crippen molar-refractivity contribution in [3.05, 3.63) is 28.9 Å². The number of aromatic nitrogens is 4. The van der Waals surface area contributed by atoms with Gasteiger partial charge in [0.1, 0.15) is 11.5 Å². The van der Waals surface area contributed by atoms with E-state index in [0.717, 1.165) is 0 Å². The van der Waals surface area contributed by atoms with Gasteiger partial charge in [0.2, 0.25) is 0 Å². The standard InChI is InChI=1S/C11H15N5O3/c1-3-18-11(17)10-9(5-12)16(15-13-10)6-8-4-7(2)19-14-8/h4H,3,5-6,12H2,1-2H3. The summed E-state index contributed by atoms with van der Waals surface area (Å²) >= 11 is 0. The summed E-state index contributed by atoms with van der Waals surface area (Å²) in [5.74, 6) is 0.181. The smallest absolute Gasteiger partial charge is 0.360 e. The maximum atomic E-state index is 11.7. The molecule has 2 aromatic heterocycles. The first kappa shape index (κ1) is 13.2. The number of carbonyl (C=O) groups is 1. The van der Waals surface area contributed by atoms with E-state index >= 15 is 0 Å². The second-order valence-corrected chi connectivity index (χ2v) is 3.90. The molecule has 0 radical (unpaired) electrons. The first-order chi connectivity index (χ1) is 9.15. The molecule has 0 unspecified atom stereocenters. The normalized spacial score (nSPS) is 10.7. The van der Waals surface area contributed by atoms with Crippen LogP contribution in [-0.2, 0) is 17.8 Å².